The highest BCUT2D eigenvalue weighted by Crippen LogP contribution is 2.28. The average molecular weight is 284 g/mol. The zero-order chi connectivity index (χ0) is 14.0. The molecule has 0 bridgehead atoms. The van der Waals surface area contributed by atoms with E-state index in [2.05, 4.69) is 9.72 Å². The van der Waals surface area contributed by atoms with Gasteiger partial charge in [-0.1, -0.05) is 25.6 Å². The van der Waals surface area contributed by atoms with Crippen LogP contribution in [0.25, 0.3) is 0 Å². The number of ether oxygens (including phenoxy) is 2. The van der Waals surface area contributed by atoms with Gasteiger partial charge in [-0.2, -0.15) is 4.98 Å². The Balaban J connectivity index is 2.39. The smallest absolute Gasteiger partial charge is 0.343 e. The molecule has 0 saturated heterocycles. The van der Waals surface area contributed by atoms with Crippen molar-refractivity contribution >= 4 is 17.7 Å². The summed E-state index contributed by atoms with van der Waals surface area (Å²) < 4.78 is 11.5. The Bertz CT molecular complexity index is 553. The summed E-state index contributed by atoms with van der Waals surface area (Å²) in [5.41, 5.74) is 0.431. The summed E-state index contributed by atoms with van der Waals surface area (Å²) in [6.07, 6.45) is 0. The molecule has 0 radical (unpaired) electrons. The first-order valence-electron chi connectivity index (χ1n) is 6.01. The fourth-order valence-electron chi connectivity index (χ4n) is 1.86. The summed E-state index contributed by atoms with van der Waals surface area (Å²) >= 11 is 1.51. The molecule has 1 aliphatic heterocycles. The van der Waals surface area contributed by atoms with Crippen LogP contribution in [-0.4, -0.2) is 35.0 Å². The number of rotatable bonds is 4. The molecule has 19 heavy (non-hydrogen) atoms. The number of fused-ring (bicyclic) bond motifs is 1. The van der Waals surface area contributed by atoms with Crippen molar-refractivity contribution in [1.82, 2.24) is 9.55 Å². The van der Waals surface area contributed by atoms with Crippen LogP contribution in [0.2, 0.25) is 0 Å². The molecule has 1 aromatic rings. The molecular formula is C12H16N2O4S. The summed E-state index contributed by atoms with van der Waals surface area (Å²) in [5, 5.41) is 0.647. The molecule has 104 valence electrons. The van der Waals surface area contributed by atoms with E-state index < -0.39 is 5.97 Å². The topological polar surface area (TPSA) is 70.4 Å². The van der Waals surface area contributed by atoms with Gasteiger partial charge in [0.05, 0.1) is 12.7 Å². The predicted octanol–water partition coefficient (Wildman–Crippen LogP) is 1.02. The van der Waals surface area contributed by atoms with Crippen LogP contribution in [0.1, 0.15) is 25.3 Å². The lowest BCUT2D eigenvalue weighted by Crippen LogP contribution is -2.27. The molecule has 0 fully saturated rings. The van der Waals surface area contributed by atoms with Gasteiger partial charge in [-0.25, -0.2) is 4.79 Å². The summed E-state index contributed by atoms with van der Waals surface area (Å²) in [4.78, 5) is 27.8. The van der Waals surface area contributed by atoms with Gasteiger partial charge in [0.2, 0.25) is 5.88 Å². The summed E-state index contributed by atoms with van der Waals surface area (Å²) in [6, 6.07) is 0. The van der Waals surface area contributed by atoms with E-state index in [-0.39, 0.29) is 24.0 Å². The van der Waals surface area contributed by atoms with Gasteiger partial charge in [-0.3, -0.25) is 9.36 Å². The number of aromatic nitrogens is 2. The molecule has 6 nitrogen and oxygen atoms in total. The molecule has 2 rings (SSSR count). The van der Waals surface area contributed by atoms with Crippen LogP contribution < -0.4 is 10.3 Å². The zero-order valence-electron chi connectivity index (χ0n) is 11.1. The second kappa shape index (κ2) is 5.64. The maximum Gasteiger partial charge on any atom is 0.343 e. The molecule has 1 aliphatic rings. The maximum absolute atomic E-state index is 12.4. The van der Waals surface area contributed by atoms with Gasteiger partial charge in [0.15, 0.2) is 11.8 Å². The van der Waals surface area contributed by atoms with Crippen LogP contribution in [0.5, 0.6) is 5.88 Å². The number of hydrogen-bond acceptors (Lipinski definition) is 6. The highest BCUT2D eigenvalue weighted by atomic mass is 32.2. The monoisotopic (exact) mass is 284 g/mol. The first kappa shape index (κ1) is 13.9. The number of hydrogen-bond donors (Lipinski definition) is 0. The van der Waals surface area contributed by atoms with Crippen molar-refractivity contribution in [3.8, 4) is 5.88 Å². The Morgan fingerprint density at radius 2 is 2.26 bits per heavy atom. The fourth-order valence-corrected chi connectivity index (χ4v) is 2.79. The highest BCUT2D eigenvalue weighted by Gasteiger charge is 2.23. The lowest BCUT2D eigenvalue weighted by molar-refractivity contribution is -0.143. The van der Waals surface area contributed by atoms with Crippen molar-refractivity contribution in [2.75, 3.05) is 19.5 Å². The van der Waals surface area contributed by atoms with Crippen molar-refractivity contribution < 1.29 is 14.3 Å². The van der Waals surface area contributed by atoms with E-state index in [4.69, 9.17) is 4.74 Å². The third-order valence-electron chi connectivity index (χ3n) is 2.81. The normalized spacial score (nSPS) is 13.5. The number of carbonyl (C=O) groups is 1. The molecule has 0 unspecified atom stereocenters. The minimum atomic E-state index is -0.496. The zero-order valence-corrected chi connectivity index (χ0v) is 12.0. The van der Waals surface area contributed by atoms with E-state index in [9.17, 15) is 9.59 Å². The van der Waals surface area contributed by atoms with Gasteiger partial charge < -0.3 is 9.47 Å². The van der Waals surface area contributed by atoms with Crippen LogP contribution in [0.3, 0.4) is 0 Å². The van der Waals surface area contributed by atoms with Crippen LogP contribution >= 0.6 is 11.8 Å². The predicted molar refractivity (Wildman–Crippen MR) is 70.8 cm³/mol. The number of nitrogens with zero attached hydrogens (tertiary/aromatic N) is 2. The minimum Gasteiger partial charge on any atom is -0.466 e. The van der Waals surface area contributed by atoms with E-state index in [1.165, 1.54) is 18.9 Å². The molecular weight excluding hydrogens is 268 g/mol. The van der Waals surface area contributed by atoms with Crippen molar-refractivity contribution in [3.05, 3.63) is 15.9 Å². The van der Waals surface area contributed by atoms with E-state index in [1.54, 1.807) is 4.57 Å². The first-order valence-corrected chi connectivity index (χ1v) is 7.00. The molecule has 0 amide bonds. The largest absolute Gasteiger partial charge is 0.466 e. The van der Waals surface area contributed by atoms with Gasteiger partial charge in [0, 0.05) is 12.3 Å². The number of esters is 1. The van der Waals surface area contributed by atoms with Crippen LogP contribution in [-0.2, 0) is 16.1 Å². The Morgan fingerprint density at radius 1 is 1.53 bits per heavy atom. The van der Waals surface area contributed by atoms with Gasteiger partial charge >= 0.3 is 5.97 Å². The molecule has 7 heteroatoms. The van der Waals surface area contributed by atoms with Gasteiger partial charge in [0.1, 0.15) is 0 Å². The molecule has 0 aliphatic carbocycles. The minimum absolute atomic E-state index is 0.0175. The van der Waals surface area contributed by atoms with E-state index in [1.807, 2.05) is 13.8 Å². The summed E-state index contributed by atoms with van der Waals surface area (Å²) in [5.74, 6) is 0.562. The van der Waals surface area contributed by atoms with Crippen LogP contribution in [0, 0.1) is 0 Å². The summed E-state index contributed by atoms with van der Waals surface area (Å²) in [6.45, 7) is 4.23. The quantitative estimate of drug-likeness (QED) is 0.607. The van der Waals surface area contributed by atoms with E-state index >= 15 is 0 Å². The van der Waals surface area contributed by atoms with Crippen molar-refractivity contribution in [2.45, 2.75) is 31.5 Å². The van der Waals surface area contributed by atoms with E-state index in [0.29, 0.717) is 17.3 Å². The second-order valence-corrected chi connectivity index (χ2v) is 5.50. The van der Waals surface area contributed by atoms with Crippen molar-refractivity contribution in [3.63, 3.8) is 0 Å². The highest BCUT2D eigenvalue weighted by molar-refractivity contribution is 7.99. The first-order chi connectivity index (χ1) is 9.04. The molecule has 1 aromatic heterocycles. The molecule has 0 atom stereocenters. The number of carbonyl (C=O) groups excluding carboxylic acids is 1. The van der Waals surface area contributed by atoms with Gasteiger partial charge in [-0.05, 0) is 5.92 Å². The SMILES string of the molecule is COC(=O)COc1nc2n(c(=O)c1C(C)C)CCS2. The maximum atomic E-state index is 12.4. The van der Waals surface area contributed by atoms with Crippen molar-refractivity contribution in [2.24, 2.45) is 0 Å². The molecule has 0 N–H and O–H groups in total. The fraction of sp³-hybridized carbons (Fsp3) is 0.583. The van der Waals surface area contributed by atoms with Crippen LogP contribution in [0.15, 0.2) is 9.95 Å². The average Bonchev–Trinajstić information content (AvgIpc) is 2.83. The molecule has 2 heterocycles. The van der Waals surface area contributed by atoms with Gasteiger partial charge in [0.25, 0.3) is 5.56 Å². The van der Waals surface area contributed by atoms with E-state index in [0.717, 1.165) is 5.75 Å². The molecule has 0 saturated carbocycles. The lowest BCUT2D eigenvalue weighted by atomic mass is 10.1. The Hall–Kier alpha value is -1.50. The second-order valence-electron chi connectivity index (χ2n) is 4.44. The third kappa shape index (κ3) is 2.75. The number of thioether (sulfide) groups is 1. The lowest BCUT2D eigenvalue weighted by Gasteiger charge is -2.14. The Kier molecular flexibility index (Phi) is 4.14. The Labute approximate surface area is 115 Å². The third-order valence-corrected chi connectivity index (χ3v) is 3.77. The van der Waals surface area contributed by atoms with Gasteiger partial charge in [-0.15, -0.1) is 0 Å². The molecule has 0 spiro atoms. The van der Waals surface area contributed by atoms with Crippen LogP contribution in [0.4, 0.5) is 0 Å². The van der Waals surface area contributed by atoms with Crippen molar-refractivity contribution in [1.29, 1.82) is 0 Å². The summed E-state index contributed by atoms with van der Waals surface area (Å²) in [7, 11) is 1.29. The Morgan fingerprint density at radius 3 is 2.89 bits per heavy atom. The number of methoxy groups -OCH3 is 1. The standard InChI is InChI=1S/C12H16N2O4S/c1-7(2)9-10(18-6-8(15)17-3)13-12-14(11(9)16)4-5-19-12/h7H,4-6H2,1-3H3. The molecule has 0 aromatic carbocycles.